The average Bonchev–Trinajstić information content (AvgIpc) is 2.94. The maximum atomic E-state index is 9.43. The van der Waals surface area contributed by atoms with Crippen molar-refractivity contribution in [1.82, 2.24) is 15.0 Å². The molecule has 0 radical (unpaired) electrons. The maximum absolute atomic E-state index is 9.43. The van der Waals surface area contributed by atoms with Gasteiger partial charge < -0.3 is 10.4 Å². The van der Waals surface area contributed by atoms with Crippen LogP contribution in [0.5, 0.6) is 0 Å². The Morgan fingerprint density at radius 3 is 3.00 bits per heavy atom. The van der Waals surface area contributed by atoms with Crippen LogP contribution in [0.3, 0.4) is 0 Å². The quantitative estimate of drug-likeness (QED) is 0.886. The summed E-state index contributed by atoms with van der Waals surface area (Å²) in [4.78, 5) is 13.4. The molecule has 5 heteroatoms. The summed E-state index contributed by atoms with van der Waals surface area (Å²) in [5.41, 5.74) is 3.23. The van der Waals surface area contributed by atoms with Crippen molar-refractivity contribution in [3.05, 3.63) is 35.8 Å². The highest BCUT2D eigenvalue weighted by molar-refractivity contribution is 5.59. The Balaban J connectivity index is 1.98. The summed E-state index contributed by atoms with van der Waals surface area (Å²) in [7, 11) is 0. The number of anilines is 1. The van der Waals surface area contributed by atoms with Crippen LogP contribution in [-0.2, 0) is 12.8 Å². The van der Waals surface area contributed by atoms with E-state index in [0.717, 1.165) is 36.3 Å². The molecule has 104 valence electrons. The second-order valence-corrected chi connectivity index (χ2v) is 5.15. The first-order valence-electron chi connectivity index (χ1n) is 6.96. The van der Waals surface area contributed by atoms with Crippen molar-refractivity contribution < 1.29 is 5.11 Å². The van der Waals surface area contributed by atoms with Gasteiger partial charge in [0.05, 0.1) is 6.10 Å². The molecular weight excluding hydrogens is 252 g/mol. The Kier molecular flexibility index (Phi) is 3.60. The normalized spacial score (nSPS) is 14.9. The van der Waals surface area contributed by atoms with Crippen LogP contribution in [0.15, 0.2) is 24.5 Å². The second-order valence-electron chi connectivity index (χ2n) is 5.15. The van der Waals surface area contributed by atoms with Gasteiger partial charge >= 0.3 is 0 Å². The summed E-state index contributed by atoms with van der Waals surface area (Å²) in [6.45, 7) is 2.26. The minimum atomic E-state index is -0.399. The SMILES string of the molecule is CC(O)CNc1nc(-c2cccnc2)nc2c1CCC2. The third-order valence-corrected chi connectivity index (χ3v) is 3.42. The summed E-state index contributed by atoms with van der Waals surface area (Å²) in [5.74, 6) is 1.55. The van der Waals surface area contributed by atoms with Crippen molar-refractivity contribution in [2.24, 2.45) is 0 Å². The van der Waals surface area contributed by atoms with Gasteiger partial charge in [-0.05, 0) is 38.3 Å². The van der Waals surface area contributed by atoms with E-state index in [2.05, 4.69) is 20.3 Å². The summed E-state index contributed by atoms with van der Waals surface area (Å²) < 4.78 is 0. The van der Waals surface area contributed by atoms with Crippen molar-refractivity contribution in [2.45, 2.75) is 32.3 Å². The molecule has 2 heterocycles. The summed E-state index contributed by atoms with van der Waals surface area (Å²) in [6, 6.07) is 3.84. The number of aromatic nitrogens is 3. The Hall–Kier alpha value is -2.01. The molecule has 1 unspecified atom stereocenters. The fraction of sp³-hybridized carbons (Fsp3) is 0.400. The van der Waals surface area contributed by atoms with Gasteiger partial charge in [0.25, 0.3) is 0 Å². The first-order chi connectivity index (χ1) is 9.74. The Morgan fingerprint density at radius 1 is 1.35 bits per heavy atom. The van der Waals surface area contributed by atoms with E-state index in [0.29, 0.717) is 12.4 Å². The van der Waals surface area contributed by atoms with Crippen molar-refractivity contribution in [1.29, 1.82) is 0 Å². The average molecular weight is 270 g/mol. The van der Waals surface area contributed by atoms with Crippen LogP contribution in [-0.4, -0.2) is 32.7 Å². The number of hydrogen-bond acceptors (Lipinski definition) is 5. The molecule has 0 saturated heterocycles. The van der Waals surface area contributed by atoms with E-state index in [4.69, 9.17) is 0 Å². The molecule has 2 aromatic rings. The van der Waals surface area contributed by atoms with Crippen LogP contribution >= 0.6 is 0 Å². The lowest BCUT2D eigenvalue weighted by Gasteiger charge is -2.13. The number of aryl methyl sites for hydroxylation is 1. The van der Waals surface area contributed by atoms with E-state index in [-0.39, 0.29) is 0 Å². The largest absolute Gasteiger partial charge is 0.392 e. The zero-order valence-corrected chi connectivity index (χ0v) is 11.5. The number of nitrogens with zero attached hydrogens (tertiary/aromatic N) is 3. The molecule has 2 N–H and O–H groups in total. The van der Waals surface area contributed by atoms with Gasteiger partial charge in [-0.3, -0.25) is 4.98 Å². The standard InChI is InChI=1S/C15H18N4O/c1-10(20)8-17-15-12-5-2-6-13(12)18-14(19-15)11-4-3-7-16-9-11/h3-4,7,9-10,20H,2,5-6,8H2,1H3,(H,17,18,19). The smallest absolute Gasteiger partial charge is 0.163 e. The van der Waals surface area contributed by atoms with Gasteiger partial charge in [0, 0.05) is 35.8 Å². The number of nitrogens with one attached hydrogen (secondary N) is 1. The van der Waals surface area contributed by atoms with E-state index >= 15 is 0 Å². The number of hydrogen-bond donors (Lipinski definition) is 2. The number of aliphatic hydroxyl groups is 1. The molecule has 0 bridgehead atoms. The molecule has 0 saturated carbocycles. The number of rotatable bonds is 4. The second kappa shape index (κ2) is 5.54. The van der Waals surface area contributed by atoms with E-state index in [1.165, 1.54) is 5.56 Å². The molecule has 2 aromatic heterocycles. The molecule has 0 aromatic carbocycles. The lowest BCUT2D eigenvalue weighted by atomic mass is 10.2. The monoisotopic (exact) mass is 270 g/mol. The molecule has 5 nitrogen and oxygen atoms in total. The number of aliphatic hydroxyl groups excluding tert-OH is 1. The van der Waals surface area contributed by atoms with Crippen LogP contribution in [0.1, 0.15) is 24.6 Å². The first kappa shape index (κ1) is 13.0. The van der Waals surface area contributed by atoms with Crippen molar-refractivity contribution >= 4 is 5.82 Å². The molecule has 1 aliphatic carbocycles. The highest BCUT2D eigenvalue weighted by atomic mass is 16.3. The first-order valence-corrected chi connectivity index (χ1v) is 6.96. The fourth-order valence-corrected chi connectivity index (χ4v) is 2.45. The molecular formula is C15H18N4O. The van der Waals surface area contributed by atoms with E-state index < -0.39 is 6.10 Å². The van der Waals surface area contributed by atoms with Crippen LogP contribution in [0.2, 0.25) is 0 Å². The zero-order valence-electron chi connectivity index (χ0n) is 11.5. The topological polar surface area (TPSA) is 70.9 Å². The Bertz CT molecular complexity index is 598. The number of fused-ring (bicyclic) bond motifs is 1. The van der Waals surface area contributed by atoms with Crippen molar-refractivity contribution in [3.8, 4) is 11.4 Å². The van der Waals surface area contributed by atoms with Crippen molar-refractivity contribution in [3.63, 3.8) is 0 Å². The maximum Gasteiger partial charge on any atom is 0.163 e. The lowest BCUT2D eigenvalue weighted by Crippen LogP contribution is -2.17. The third kappa shape index (κ3) is 2.63. The molecule has 0 amide bonds. The van der Waals surface area contributed by atoms with Gasteiger partial charge in [-0.1, -0.05) is 0 Å². The molecule has 0 aliphatic heterocycles. The highest BCUT2D eigenvalue weighted by Gasteiger charge is 2.20. The van der Waals surface area contributed by atoms with Crippen LogP contribution in [0.4, 0.5) is 5.82 Å². The Morgan fingerprint density at radius 2 is 2.25 bits per heavy atom. The summed E-state index contributed by atoms with van der Waals surface area (Å²) in [5, 5.41) is 12.7. The van der Waals surface area contributed by atoms with Gasteiger partial charge in [0.2, 0.25) is 0 Å². The summed E-state index contributed by atoms with van der Waals surface area (Å²) in [6.07, 6.45) is 6.23. The molecule has 1 aliphatic rings. The molecule has 1 atom stereocenters. The minimum absolute atomic E-state index is 0.399. The van der Waals surface area contributed by atoms with Gasteiger partial charge in [-0.2, -0.15) is 0 Å². The number of pyridine rings is 1. The van der Waals surface area contributed by atoms with Crippen LogP contribution in [0.25, 0.3) is 11.4 Å². The fourth-order valence-electron chi connectivity index (χ4n) is 2.45. The molecule has 0 spiro atoms. The lowest BCUT2D eigenvalue weighted by molar-refractivity contribution is 0.208. The predicted molar refractivity (Wildman–Crippen MR) is 77.5 cm³/mol. The van der Waals surface area contributed by atoms with Crippen LogP contribution < -0.4 is 5.32 Å². The van der Waals surface area contributed by atoms with Crippen LogP contribution in [0, 0.1) is 0 Å². The van der Waals surface area contributed by atoms with E-state index in [1.807, 2.05) is 12.1 Å². The molecule has 0 fully saturated rings. The van der Waals surface area contributed by atoms with Crippen molar-refractivity contribution in [2.75, 3.05) is 11.9 Å². The van der Waals surface area contributed by atoms with Gasteiger partial charge in [0.1, 0.15) is 5.82 Å². The Labute approximate surface area is 118 Å². The van der Waals surface area contributed by atoms with E-state index in [9.17, 15) is 5.11 Å². The molecule has 20 heavy (non-hydrogen) atoms. The zero-order chi connectivity index (χ0) is 13.9. The van der Waals surface area contributed by atoms with Gasteiger partial charge in [-0.15, -0.1) is 0 Å². The predicted octanol–water partition coefficient (Wildman–Crippen LogP) is 1.82. The van der Waals surface area contributed by atoms with E-state index in [1.54, 1.807) is 19.3 Å². The highest BCUT2D eigenvalue weighted by Crippen LogP contribution is 2.28. The third-order valence-electron chi connectivity index (χ3n) is 3.42. The van der Waals surface area contributed by atoms with Gasteiger partial charge in [-0.25, -0.2) is 9.97 Å². The summed E-state index contributed by atoms with van der Waals surface area (Å²) >= 11 is 0. The van der Waals surface area contributed by atoms with Gasteiger partial charge in [0.15, 0.2) is 5.82 Å². The minimum Gasteiger partial charge on any atom is -0.392 e. The molecule has 3 rings (SSSR count).